The molecule has 0 saturated carbocycles. The highest BCUT2D eigenvalue weighted by molar-refractivity contribution is 7.49. The molecule has 0 bridgehead atoms. The van der Waals surface area contributed by atoms with E-state index in [2.05, 4.69) is 22.5 Å². The Morgan fingerprint density at radius 3 is 2.24 bits per heavy atom. The number of rotatable bonds is 15. The molecule has 16 heteroatoms. The molecule has 1 heterocycles. The number of amides is 4. The molecule has 59 heavy (non-hydrogen) atoms. The van der Waals surface area contributed by atoms with Crippen LogP contribution in [0.3, 0.4) is 0 Å². The lowest BCUT2D eigenvalue weighted by atomic mass is 9.98. The molecule has 1 atom stereocenters. The third-order valence-corrected chi connectivity index (χ3v) is 10.7. The summed E-state index contributed by atoms with van der Waals surface area (Å²) in [4.78, 5) is 66.2. The van der Waals surface area contributed by atoms with E-state index in [9.17, 15) is 28.5 Å². The number of esters is 1. The van der Waals surface area contributed by atoms with Gasteiger partial charge in [0.1, 0.15) is 42.2 Å². The van der Waals surface area contributed by atoms with Crippen LogP contribution in [-0.2, 0) is 47.9 Å². The number of hydrogen-bond donors (Lipinski definition) is 2. The molecule has 15 nitrogen and oxygen atoms in total. The summed E-state index contributed by atoms with van der Waals surface area (Å²) in [6.45, 7) is 7.14. The fraction of sp³-hybridized carbons (Fsp3) is 0.372. The van der Waals surface area contributed by atoms with E-state index in [0.717, 1.165) is 38.3 Å². The maximum Gasteiger partial charge on any atom is 0.530 e. The normalized spacial score (nSPS) is 16.4. The van der Waals surface area contributed by atoms with Crippen molar-refractivity contribution in [2.24, 2.45) is 0 Å². The number of carbonyl (C=O) groups excluding carboxylic acids is 5. The zero-order chi connectivity index (χ0) is 42.8. The van der Waals surface area contributed by atoms with Crippen molar-refractivity contribution >= 4 is 38.1 Å². The molecular weight excluding hydrogens is 779 g/mol. The Bertz CT molecular complexity index is 2160. The smallest absolute Gasteiger partial charge is 0.459 e. The van der Waals surface area contributed by atoms with Crippen LogP contribution in [-0.4, -0.2) is 92.1 Å². The summed E-state index contributed by atoms with van der Waals surface area (Å²) in [6, 6.07) is 22.9. The predicted molar refractivity (Wildman–Crippen MR) is 218 cm³/mol. The van der Waals surface area contributed by atoms with Crippen LogP contribution in [0.1, 0.15) is 63.6 Å². The zero-order valence-electron chi connectivity index (χ0n) is 33.9. The van der Waals surface area contributed by atoms with Gasteiger partial charge in [-0.3, -0.25) is 28.2 Å². The molecule has 0 radical (unpaired) electrons. The Labute approximate surface area is 344 Å². The molecule has 3 aromatic rings. The minimum atomic E-state index is -4.00. The van der Waals surface area contributed by atoms with Gasteiger partial charge in [-0.05, 0) is 62.9 Å². The van der Waals surface area contributed by atoms with Gasteiger partial charge < -0.3 is 34.4 Å². The highest BCUT2D eigenvalue weighted by Gasteiger charge is 2.44. The van der Waals surface area contributed by atoms with E-state index in [1.165, 1.54) is 7.05 Å². The number of likely N-dealkylation sites (N-methyl/N-ethyl adjacent to an activating group) is 1. The molecule has 0 fully saturated rings. The molecule has 2 aliphatic rings. The minimum Gasteiger partial charge on any atom is -0.459 e. The summed E-state index contributed by atoms with van der Waals surface area (Å²) in [5, 5.41) is 5.07. The quantitative estimate of drug-likeness (QED) is 0.0483. The Kier molecular flexibility index (Phi) is 14.4. The van der Waals surface area contributed by atoms with Crippen molar-refractivity contribution in [3.05, 3.63) is 101 Å². The number of fused-ring (bicyclic) bond motifs is 4. The van der Waals surface area contributed by atoms with Gasteiger partial charge in [-0.15, -0.1) is 0 Å². The van der Waals surface area contributed by atoms with Crippen LogP contribution >= 0.6 is 7.82 Å². The number of alkyl carbamates (subject to hydrolysis) is 1. The highest BCUT2D eigenvalue weighted by atomic mass is 31.2. The van der Waals surface area contributed by atoms with Crippen molar-refractivity contribution in [1.29, 1.82) is 0 Å². The lowest BCUT2D eigenvalue weighted by Gasteiger charge is -2.35. The summed E-state index contributed by atoms with van der Waals surface area (Å²) >= 11 is 0. The second-order valence-electron chi connectivity index (χ2n) is 15.1. The Balaban J connectivity index is 1.19. The molecule has 0 saturated heterocycles. The molecule has 1 aliphatic carbocycles. The lowest BCUT2D eigenvalue weighted by molar-refractivity contribution is -0.159. The number of phosphoric acid groups is 1. The van der Waals surface area contributed by atoms with Crippen LogP contribution < -0.4 is 15.2 Å². The summed E-state index contributed by atoms with van der Waals surface area (Å²) in [6.07, 6.45) is 0.698. The Morgan fingerprint density at radius 2 is 1.59 bits per heavy atom. The van der Waals surface area contributed by atoms with E-state index < -0.39 is 56.0 Å². The fourth-order valence-electron chi connectivity index (χ4n) is 6.51. The Hall–Kier alpha value is -5.94. The number of ether oxygens (including phenoxy) is 2. The maximum atomic E-state index is 13.6. The van der Waals surface area contributed by atoms with Gasteiger partial charge in [-0.1, -0.05) is 78.6 Å². The van der Waals surface area contributed by atoms with Gasteiger partial charge in [-0.25, -0.2) is 9.36 Å². The van der Waals surface area contributed by atoms with E-state index >= 15 is 0 Å². The number of phosphoric ester groups is 1. The first-order valence-corrected chi connectivity index (χ1v) is 20.5. The van der Waals surface area contributed by atoms with E-state index in [1.54, 1.807) is 52.8 Å². The molecule has 1 aliphatic heterocycles. The molecule has 312 valence electrons. The van der Waals surface area contributed by atoms with Crippen molar-refractivity contribution in [2.75, 3.05) is 46.4 Å². The number of nitrogens with zero attached hydrogens (tertiary/aromatic N) is 2. The molecule has 0 spiro atoms. The topological polar surface area (TPSA) is 179 Å². The van der Waals surface area contributed by atoms with Gasteiger partial charge in [0.05, 0.1) is 6.61 Å². The number of nitrogens with one attached hydrogen (secondary N) is 2. The highest BCUT2D eigenvalue weighted by Crippen LogP contribution is 2.60. The monoisotopic (exact) mass is 828 g/mol. The SMILES string of the molecule is CNC(=O)/C(C#CCCOP1(=O)Oc2ccccc2C(C)(C)O1)=C\N(C=O)CC(=O)N(CCNC(=O)OCC1c2ccccc2-c2ccccc21)CC(=O)OC(C)(C)C. The van der Waals surface area contributed by atoms with Gasteiger partial charge in [-0.2, -0.15) is 0 Å². The van der Waals surface area contributed by atoms with Crippen molar-refractivity contribution < 1.29 is 51.6 Å². The average Bonchev–Trinajstić information content (AvgIpc) is 3.50. The van der Waals surface area contributed by atoms with E-state index in [-0.39, 0.29) is 44.2 Å². The minimum absolute atomic E-state index is 0.00647. The second kappa shape index (κ2) is 19.2. The van der Waals surface area contributed by atoms with Crippen molar-refractivity contribution in [3.63, 3.8) is 0 Å². The van der Waals surface area contributed by atoms with Crippen LogP contribution in [0.4, 0.5) is 4.79 Å². The first-order valence-electron chi connectivity index (χ1n) is 19.0. The third kappa shape index (κ3) is 11.8. The second-order valence-corrected chi connectivity index (χ2v) is 16.6. The summed E-state index contributed by atoms with van der Waals surface area (Å²) in [7, 11) is -2.63. The third-order valence-electron chi connectivity index (χ3n) is 9.09. The van der Waals surface area contributed by atoms with Crippen LogP contribution in [0.2, 0.25) is 0 Å². The van der Waals surface area contributed by atoms with Gasteiger partial charge in [0.15, 0.2) is 0 Å². The molecule has 1 unspecified atom stereocenters. The summed E-state index contributed by atoms with van der Waals surface area (Å²) in [5.74, 6) is 3.57. The van der Waals surface area contributed by atoms with Gasteiger partial charge in [0.25, 0.3) is 5.91 Å². The van der Waals surface area contributed by atoms with Crippen LogP contribution in [0, 0.1) is 11.8 Å². The number of para-hydroxylation sites is 1. The first kappa shape index (κ1) is 44.2. The zero-order valence-corrected chi connectivity index (χ0v) is 34.8. The number of benzene rings is 3. The number of carbonyl (C=O) groups is 5. The van der Waals surface area contributed by atoms with Crippen molar-refractivity contribution in [1.82, 2.24) is 20.4 Å². The van der Waals surface area contributed by atoms with Gasteiger partial charge in [0.2, 0.25) is 12.3 Å². The standard InChI is InChI=1S/C43H49N4O11P/c1-42(2,3)56-39(50)27-47(23-22-45-41(52)54-28-35-33-18-9-7-16-31(33)32-17-8-10-19-34(32)35)38(49)26-46(29-48)25-30(40(51)44-6)15-13-14-24-55-59(53)57-37-21-12-11-20-36(37)43(4,5)58-59/h7-12,16-21,25,29,35H,14,22-24,26-28H2,1-6H3,(H,44,51)(H,45,52)/b30-25-. The lowest BCUT2D eigenvalue weighted by Crippen LogP contribution is -2.46. The van der Waals surface area contributed by atoms with Crippen molar-refractivity contribution in [2.45, 2.75) is 58.2 Å². The van der Waals surface area contributed by atoms with Gasteiger partial charge in [0, 0.05) is 44.2 Å². The predicted octanol–water partition coefficient (Wildman–Crippen LogP) is 5.65. The molecule has 0 aromatic heterocycles. The molecule has 2 N–H and O–H groups in total. The molecule has 5 rings (SSSR count). The van der Waals surface area contributed by atoms with Crippen molar-refractivity contribution in [3.8, 4) is 28.7 Å². The molecule has 4 amide bonds. The van der Waals surface area contributed by atoms with Crippen LogP contribution in [0.25, 0.3) is 11.1 Å². The van der Waals surface area contributed by atoms with Crippen LogP contribution in [0.5, 0.6) is 5.75 Å². The van der Waals surface area contributed by atoms with E-state index in [0.29, 0.717) is 17.7 Å². The van der Waals surface area contributed by atoms with E-state index in [1.807, 2.05) is 54.6 Å². The molecular formula is C43H49N4O11P. The largest absolute Gasteiger partial charge is 0.530 e. The van der Waals surface area contributed by atoms with Crippen LogP contribution in [0.15, 0.2) is 84.6 Å². The Morgan fingerprint density at radius 1 is 0.949 bits per heavy atom. The molecule has 3 aromatic carbocycles. The fourth-order valence-corrected chi connectivity index (χ4v) is 8.03. The average molecular weight is 829 g/mol. The van der Waals surface area contributed by atoms with Gasteiger partial charge >= 0.3 is 19.9 Å². The number of hydrogen-bond acceptors (Lipinski definition) is 11. The summed E-state index contributed by atoms with van der Waals surface area (Å²) < 4.78 is 41.0. The summed E-state index contributed by atoms with van der Waals surface area (Å²) in [5.41, 5.74) is 3.04. The first-order chi connectivity index (χ1) is 28.0. The van der Waals surface area contributed by atoms with E-state index in [4.69, 9.17) is 23.0 Å². The maximum absolute atomic E-state index is 13.6.